The predicted molar refractivity (Wildman–Crippen MR) is 104 cm³/mol. The Balaban J connectivity index is 2.32. The zero-order chi connectivity index (χ0) is 19.6. The maximum atomic E-state index is 12.9. The first-order chi connectivity index (χ1) is 13.0. The lowest BCUT2D eigenvalue weighted by Gasteiger charge is -2.21. The second kappa shape index (κ2) is 7.84. The second-order valence-electron chi connectivity index (χ2n) is 6.40. The van der Waals surface area contributed by atoms with E-state index in [4.69, 9.17) is 9.47 Å². The van der Waals surface area contributed by atoms with E-state index in [1.807, 2.05) is 26.0 Å². The second-order valence-corrected chi connectivity index (χ2v) is 6.40. The number of hydrogen-bond donors (Lipinski definition) is 0. The van der Waals surface area contributed by atoms with Crippen molar-refractivity contribution < 1.29 is 9.47 Å². The Morgan fingerprint density at radius 1 is 1.11 bits per heavy atom. The summed E-state index contributed by atoms with van der Waals surface area (Å²) in [6, 6.07) is 5.47. The minimum absolute atomic E-state index is 0.0722. The highest BCUT2D eigenvalue weighted by Crippen LogP contribution is 2.29. The van der Waals surface area contributed by atoms with Crippen molar-refractivity contribution >= 4 is 11.0 Å². The van der Waals surface area contributed by atoms with Crippen LogP contribution in [0.15, 0.2) is 29.2 Å². The summed E-state index contributed by atoms with van der Waals surface area (Å²) in [5, 5.41) is 0. The van der Waals surface area contributed by atoms with E-state index in [1.165, 1.54) is 0 Å². The normalized spacial score (nSPS) is 12.3. The summed E-state index contributed by atoms with van der Waals surface area (Å²) in [7, 11) is 3.23. The summed E-state index contributed by atoms with van der Waals surface area (Å²) in [6.45, 7) is 6.13. The van der Waals surface area contributed by atoms with Crippen molar-refractivity contribution in [2.45, 2.75) is 33.2 Å². The fourth-order valence-electron chi connectivity index (χ4n) is 3.28. The average molecular weight is 368 g/mol. The SMILES string of the molecule is CCC(COC)n1c(=O)c(C)nc2c(-c3ccc(OC)nc3C)nccc21. The Kier molecular flexibility index (Phi) is 5.51. The summed E-state index contributed by atoms with van der Waals surface area (Å²) in [5.41, 5.74) is 4.10. The van der Waals surface area contributed by atoms with Crippen LogP contribution in [0.4, 0.5) is 0 Å². The minimum atomic E-state index is -0.104. The molecule has 0 amide bonds. The van der Waals surface area contributed by atoms with Crippen molar-refractivity contribution in [3.8, 4) is 17.1 Å². The molecule has 3 rings (SSSR count). The zero-order valence-electron chi connectivity index (χ0n) is 16.3. The fourth-order valence-corrected chi connectivity index (χ4v) is 3.28. The highest BCUT2D eigenvalue weighted by atomic mass is 16.5. The molecule has 0 fully saturated rings. The lowest BCUT2D eigenvalue weighted by molar-refractivity contribution is 0.153. The lowest BCUT2D eigenvalue weighted by atomic mass is 10.1. The molecule has 0 aliphatic carbocycles. The molecule has 0 aromatic carbocycles. The number of aryl methyl sites for hydroxylation is 2. The van der Waals surface area contributed by atoms with Crippen LogP contribution in [0.25, 0.3) is 22.3 Å². The highest BCUT2D eigenvalue weighted by molar-refractivity contribution is 5.90. The molecule has 1 atom stereocenters. The van der Waals surface area contributed by atoms with E-state index in [9.17, 15) is 4.79 Å². The van der Waals surface area contributed by atoms with Gasteiger partial charge in [-0.25, -0.2) is 9.97 Å². The van der Waals surface area contributed by atoms with Crippen LogP contribution in [-0.2, 0) is 4.74 Å². The van der Waals surface area contributed by atoms with Crippen LogP contribution in [-0.4, -0.2) is 40.3 Å². The molecule has 3 aromatic rings. The Bertz CT molecular complexity index is 1030. The van der Waals surface area contributed by atoms with Gasteiger partial charge >= 0.3 is 0 Å². The van der Waals surface area contributed by atoms with E-state index in [1.54, 1.807) is 38.0 Å². The first-order valence-electron chi connectivity index (χ1n) is 8.90. The summed E-state index contributed by atoms with van der Waals surface area (Å²) in [6.07, 6.45) is 2.47. The number of methoxy groups -OCH3 is 2. The van der Waals surface area contributed by atoms with E-state index in [-0.39, 0.29) is 11.6 Å². The largest absolute Gasteiger partial charge is 0.481 e. The number of ether oxygens (including phenoxy) is 2. The maximum absolute atomic E-state index is 12.9. The first-order valence-corrected chi connectivity index (χ1v) is 8.90. The molecule has 0 aliphatic rings. The van der Waals surface area contributed by atoms with Crippen LogP contribution in [0, 0.1) is 13.8 Å². The van der Waals surface area contributed by atoms with Crippen LogP contribution < -0.4 is 10.3 Å². The number of nitrogens with zero attached hydrogens (tertiary/aromatic N) is 4. The third-order valence-electron chi connectivity index (χ3n) is 4.69. The van der Waals surface area contributed by atoms with Gasteiger partial charge < -0.3 is 9.47 Å². The van der Waals surface area contributed by atoms with Gasteiger partial charge in [0.1, 0.15) is 11.2 Å². The number of rotatable bonds is 6. The molecule has 0 N–H and O–H groups in total. The van der Waals surface area contributed by atoms with Crippen molar-refractivity contribution in [2.24, 2.45) is 0 Å². The Labute approximate surface area is 158 Å². The number of hydrogen-bond acceptors (Lipinski definition) is 6. The highest BCUT2D eigenvalue weighted by Gasteiger charge is 2.19. The Morgan fingerprint density at radius 2 is 1.89 bits per heavy atom. The molecule has 27 heavy (non-hydrogen) atoms. The van der Waals surface area contributed by atoms with Crippen molar-refractivity contribution in [3.63, 3.8) is 0 Å². The molecule has 0 saturated heterocycles. The topological polar surface area (TPSA) is 79.1 Å². The van der Waals surface area contributed by atoms with Gasteiger partial charge in [-0.3, -0.25) is 14.3 Å². The summed E-state index contributed by atoms with van der Waals surface area (Å²) >= 11 is 0. The predicted octanol–water partition coefficient (Wildman–Crippen LogP) is 3.08. The van der Waals surface area contributed by atoms with E-state index < -0.39 is 0 Å². The van der Waals surface area contributed by atoms with Crippen molar-refractivity contribution in [1.29, 1.82) is 0 Å². The van der Waals surface area contributed by atoms with Crippen LogP contribution >= 0.6 is 0 Å². The van der Waals surface area contributed by atoms with Gasteiger partial charge in [-0.1, -0.05) is 6.92 Å². The molecule has 3 aromatic heterocycles. The molecular weight excluding hydrogens is 344 g/mol. The quantitative estimate of drug-likeness (QED) is 0.665. The number of fused-ring (bicyclic) bond motifs is 1. The van der Waals surface area contributed by atoms with Crippen LogP contribution in [0.1, 0.15) is 30.8 Å². The van der Waals surface area contributed by atoms with Crippen molar-refractivity contribution in [3.05, 3.63) is 46.1 Å². The van der Waals surface area contributed by atoms with Crippen LogP contribution in [0.5, 0.6) is 5.88 Å². The van der Waals surface area contributed by atoms with Gasteiger partial charge in [-0.2, -0.15) is 0 Å². The number of pyridine rings is 2. The molecule has 0 aliphatic heterocycles. The lowest BCUT2D eigenvalue weighted by Crippen LogP contribution is -2.30. The first kappa shape index (κ1) is 19.0. The smallest absolute Gasteiger partial charge is 0.272 e. The van der Waals surface area contributed by atoms with E-state index in [0.29, 0.717) is 29.4 Å². The molecule has 0 spiro atoms. The van der Waals surface area contributed by atoms with Gasteiger partial charge in [-0.05, 0) is 32.4 Å². The van der Waals surface area contributed by atoms with E-state index >= 15 is 0 Å². The molecule has 0 saturated carbocycles. The Hall–Kier alpha value is -2.80. The number of aromatic nitrogens is 4. The van der Waals surface area contributed by atoms with Gasteiger partial charge in [-0.15, -0.1) is 0 Å². The van der Waals surface area contributed by atoms with Crippen LogP contribution in [0.2, 0.25) is 0 Å². The van der Waals surface area contributed by atoms with Gasteiger partial charge in [0, 0.05) is 24.9 Å². The molecule has 7 heteroatoms. The summed E-state index contributed by atoms with van der Waals surface area (Å²) < 4.78 is 12.3. The molecule has 0 radical (unpaired) electrons. The van der Waals surface area contributed by atoms with E-state index in [0.717, 1.165) is 23.2 Å². The third-order valence-corrected chi connectivity index (χ3v) is 4.69. The van der Waals surface area contributed by atoms with Gasteiger partial charge in [0.25, 0.3) is 5.56 Å². The summed E-state index contributed by atoms with van der Waals surface area (Å²) in [5.74, 6) is 0.545. The molecule has 1 unspecified atom stereocenters. The van der Waals surface area contributed by atoms with Crippen LogP contribution in [0.3, 0.4) is 0 Å². The van der Waals surface area contributed by atoms with Gasteiger partial charge in [0.05, 0.1) is 36.7 Å². The van der Waals surface area contributed by atoms with Gasteiger partial charge in [0.15, 0.2) is 0 Å². The maximum Gasteiger partial charge on any atom is 0.272 e. The third kappa shape index (κ3) is 3.42. The molecular formula is C20H24N4O3. The van der Waals surface area contributed by atoms with Crippen molar-refractivity contribution in [2.75, 3.05) is 20.8 Å². The minimum Gasteiger partial charge on any atom is -0.481 e. The average Bonchev–Trinajstić information content (AvgIpc) is 2.67. The summed E-state index contributed by atoms with van der Waals surface area (Å²) in [4.78, 5) is 26.4. The molecule has 142 valence electrons. The van der Waals surface area contributed by atoms with E-state index in [2.05, 4.69) is 15.0 Å². The molecule has 7 nitrogen and oxygen atoms in total. The monoisotopic (exact) mass is 368 g/mol. The zero-order valence-corrected chi connectivity index (χ0v) is 16.3. The standard InChI is InChI=1S/C20H24N4O3/c1-6-14(11-26-4)24-16-9-10-21-18(19(16)23-13(3)20(24)25)15-7-8-17(27-5)22-12(15)2/h7-10,14H,6,11H2,1-5H3. The van der Waals surface area contributed by atoms with Gasteiger partial charge in [0.2, 0.25) is 5.88 Å². The molecule has 3 heterocycles. The Morgan fingerprint density at radius 3 is 2.52 bits per heavy atom. The van der Waals surface area contributed by atoms with Crippen molar-refractivity contribution in [1.82, 2.24) is 19.5 Å². The fraction of sp³-hybridized carbons (Fsp3) is 0.400. The molecule has 0 bridgehead atoms.